The van der Waals surface area contributed by atoms with Crippen LogP contribution in [-0.2, 0) is 4.74 Å². The molecule has 1 unspecified atom stereocenters. The summed E-state index contributed by atoms with van der Waals surface area (Å²) in [5.74, 6) is -2.46. The largest absolute Gasteiger partial charge is 0.389 e. The van der Waals surface area contributed by atoms with Gasteiger partial charge >= 0.3 is 0 Å². The molecular weight excluding hydrogens is 284 g/mol. The topological polar surface area (TPSA) is 41.5 Å². The summed E-state index contributed by atoms with van der Waals surface area (Å²) in [5, 5.41) is 12.7. The van der Waals surface area contributed by atoms with E-state index in [0.29, 0.717) is 29.0 Å². The van der Waals surface area contributed by atoms with Crippen LogP contribution in [0, 0.1) is 0 Å². The van der Waals surface area contributed by atoms with Gasteiger partial charge in [-0.2, -0.15) is 8.78 Å². The Morgan fingerprint density at radius 2 is 2.10 bits per heavy atom. The highest BCUT2D eigenvalue weighted by molar-refractivity contribution is 7.99. The summed E-state index contributed by atoms with van der Waals surface area (Å²) in [7, 11) is 0. The van der Waals surface area contributed by atoms with E-state index in [1.54, 1.807) is 24.3 Å². The molecule has 0 radical (unpaired) electrons. The molecule has 0 saturated carbocycles. The second kappa shape index (κ2) is 9.96. The van der Waals surface area contributed by atoms with Crippen LogP contribution in [0.3, 0.4) is 0 Å². The highest BCUT2D eigenvalue weighted by atomic mass is 32.2. The van der Waals surface area contributed by atoms with Crippen molar-refractivity contribution in [2.45, 2.75) is 36.5 Å². The van der Waals surface area contributed by atoms with E-state index in [-0.39, 0.29) is 13.2 Å². The van der Waals surface area contributed by atoms with Gasteiger partial charge < -0.3 is 15.2 Å². The number of alkyl halides is 2. The van der Waals surface area contributed by atoms with Crippen molar-refractivity contribution in [2.24, 2.45) is 0 Å². The van der Waals surface area contributed by atoms with Gasteiger partial charge in [-0.3, -0.25) is 0 Å². The van der Waals surface area contributed by atoms with Crippen LogP contribution in [0.2, 0.25) is 0 Å². The van der Waals surface area contributed by atoms with Crippen LogP contribution in [0.4, 0.5) is 14.5 Å². The lowest BCUT2D eigenvalue weighted by Crippen LogP contribution is -2.25. The van der Waals surface area contributed by atoms with Crippen molar-refractivity contribution in [3.8, 4) is 0 Å². The lowest BCUT2D eigenvalue weighted by Gasteiger charge is -2.15. The molecule has 0 heterocycles. The van der Waals surface area contributed by atoms with Gasteiger partial charge in [0.15, 0.2) is 0 Å². The van der Waals surface area contributed by atoms with Gasteiger partial charge in [-0.15, -0.1) is 0 Å². The third kappa shape index (κ3) is 7.07. The van der Waals surface area contributed by atoms with Gasteiger partial charge in [0.2, 0.25) is 0 Å². The van der Waals surface area contributed by atoms with Crippen molar-refractivity contribution in [1.29, 1.82) is 0 Å². The number of aliphatic hydroxyl groups is 1. The highest BCUT2D eigenvalue weighted by Gasteiger charge is 2.10. The van der Waals surface area contributed by atoms with Gasteiger partial charge in [0.25, 0.3) is 5.76 Å². The van der Waals surface area contributed by atoms with Gasteiger partial charge in [-0.1, -0.05) is 37.2 Å². The molecule has 0 aliphatic rings. The molecule has 1 rings (SSSR count). The molecule has 0 aromatic heterocycles. The maximum Gasteiger partial charge on any atom is 0.288 e. The van der Waals surface area contributed by atoms with Crippen molar-refractivity contribution >= 4 is 17.4 Å². The Bertz CT molecular complexity index is 380. The Hall–Kier alpha value is -0.850. The van der Waals surface area contributed by atoms with Crippen molar-refractivity contribution < 1.29 is 18.6 Å². The first kappa shape index (κ1) is 17.2. The standard InChI is InChI=1S/C14H21F2NO2S/c1-2-3-8-19-10-11(18)9-17-12-6-4-5-7-13(12)20-14(15)16/h4-7,11,14,17-18H,2-3,8-10H2,1H3. The molecule has 1 atom stereocenters. The molecule has 0 aliphatic carbocycles. The first-order valence-corrected chi connectivity index (χ1v) is 7.55. The molecule has 1 aromatic rings. The molecule has 114 valence electrons. The van der Waals surface area contributed by atoms with Crippen LogP contribution < -0.4 is 5.32 Å². The first-order valence-electron chi connectivity index (χ1n) is 6.67. The van der Waals surface area contributed by atoms with Gasteiger partial charge in [0.1, 0.15) is 0 Å². The zero-order chi connectivity index (χ0) is 14.8. The van der Waals surface area contributed by atoms with Crippen molar-refractivity contribution in [1.82, 2.24) is 0 Å². The summed E-state index contributed by atoms with van der Waals surface area (Å²) in [6.07, 6.45) is 1.36. The average molecular weight is 305 g/mol. The number of halogens is 2. The van der Waals surface area contributed by atoms with Gasteiger partial charge in [-0.05, 0) is 18.6 Å². The molecule has 0 spiro atoms. The number of hydrogen-bond donors (Lipinski definition) is 2. The summed E-state index contributed by atoms with van der Waals surface area (Å²) in [6.45, 7) is 3.22. The maximum atomic E-state index is 12.4. The molecule has 0 saturated heterocycles. The Labute approximate surface area is 122 Å². The molecule has 2 N–H and O–H groups in total. The Balaban J connectivity index is 2.37. The van der Waals surface area contributed by atoms with Gasteiger partial charge in [0.05, 0.1) is 12.7 Å². The van der Waals surface area contributed by atoms with E-state index in [0.717, 1.165) is 12.8 Å². The summed E-state index contributed by atoms with van der Waals surface area (Å²) in [4.78, 5) is 0.474. The van der Waals surface area contributed by atoms with Crippen LogP contribution in [0.25, 0.3) is 0 Å². The molecule has 3 nitrogen and oxygen atoms in total. The Morgan fingerprint density at radius 3 is 2.80 bits per heavy atom. The molecular formula is C14H21F2NO2S. The van der Waals surface area contributed by atoms with Crippen LogP contribution in [0.1, 0.15) is 19.8 Å². The number of thioether (sulfide) groups is 1. The first-order chi connectivity index (χ1) is 9.63. The normalized spacial score (nSPS) is 12.7. The van der Waals surface area contributed by atoms with Crippen molar-refractivity contribution in [3.05, 3.63) is 24.3 Å². The number of nitrogens with one attached hydrogen (secondary N) is 1. The van der Waals surface area contributed by atoms with Gasteiger partial charge in [0, 0.05) is 23.7 Å². The summed E-state index contributed by atoms with van der Waals surface area (Å²) >= 11 is 0.492. The number of benzene rings is 1. The zero-order valence-corrected chi connectivity index (χ0v) is 12.3. The SMILES string of the molecule is CCCCOCC(O)CNc1ccccc1SC(F)F. The number of rotatable bonds is 10. The molecule has 6 heteroatoms. The second-order valence-electron chi connectivity index (χ2n) is 4.34. The van der Waals surface area contributed by atoms with E-state index in [2.05, 4.69) is 12.2 Å². The summed E-state index contributed by atoms with van der Waals surface area (Å²) < 4.78 is 30.1. The van der Waals surface area contributed by atoms with Crippen molar-refractivity contribution in [2.75, 3.05) is 25.1 Å². The van der Waals surface area contributed by atoms with E-state index in [1.165, 1.54) is 0 Å². The monoisotopic (exact) mass is 305 g/mol. The molecule has 0 aliphatic heterocycles. The molecule has 20 heavy (non-hydrogen) atoms. The number of aliphatic hydroxyl groups excluding tert-OH is 1. The minimum Gasteiger partial charge on any atom is -0.389 e. The predicted octanol–water partition coefficient (Wildman–Crippen LogP) is 3.59. The minimum atomic E-state index is -2.46. The fourth-order valence-corrected chi connectivity index (χ4v) is 2.18. The Kier molecular flexibility index (Phi) is 8.57. The van der Waals surface area contributed by atoms with Crippen LogP contribution in [0.5, 0.6) is 0 Å². The number of ether oxygens (including phenoxy) is 1. The molecule has 1 aromatic carbocycles. The zero-order valence-electron chi connectivity index (χ0n) is 11.5. The average Bonchev–Trinajstić information content (AvgIpc) is 2.42. The summed E-state index contributed by atoms with van der Waals surface area (Å²) in [6, 6.07) is 6.82. The quantitative estimate of drug-likeness (QED) is 0.512. The van der Waals surface area contributed by atoms with Crippen molar-refractivity contribution in [3.63, 3.8) is 0 Å². The predicted molar refractivity (Wildman–Crippen MR) is 78.5 cm³/mol. The van der Waals surface area contributed by atoms with E-state index in [1.807, 2.05) is 0 Å². The van der Waals surface area contributed by atoms with E-state index in [9.17, 15) is 13.9 Å². The Morgan fingerprint density at radius 1 is 1.35 bits per heavy atom. The van der Waals surface area contributed by atoms with Crippen LogP contribution in [-0.4, -0.2) is 36.7 Å². The molecule has 0 fully saturated rings. The molecule has 0 bridgehead atoms. The smallest absolute Gasteiger partial charge is 0.288 e. The highest BCUT2D eigenvalue weighted by Crippen LogP contribution is 2.31. The second-order valence-corrected chi connectivity index (χ2v) is 5.37. The van der Waals surface area contributed by atoms with Crippen LogP contribution >= 0.6 is 11.8 Å². The van der Waals surface area contributed by atoms with E-state index >= 15 is 0 Å². The van der Waals surface area contributed by atoms with E-state index in [4.69, 9.17) is 4.74 Å². The van der Waals surface area contributed by atoms with Crippen LogP contribution in [0.15, 0.2) is 29.2 Å². The number of para-hydroxylation sites is 1. The lowest BCUT2D eigenvalue weighted by atomic mass is 10.3. The fraction of sp³-hybridized carbons (Fsp3) is 0.571. The maximum absolute atomic E-state index is 12.4. The third-order valence-electron chi connectivity index (χ3n) is 2.58. The lowest BCUT2D eigenvalue weighted by molar-refractivity contribution is 0.0421. The number of hydrogen-bond acceptors (Lipinski definition) is 4. The van der Waals surface area contributed by atoms with Gasteiger partial charge in [-0.25, -0.2) is 0 Å². The third-order valence-corrected chi connectivity index (χ3v) is 3.37. The number of anilines is 1. The summed E-state index contributed by atoms with van der Waals surface area (Å²) in [5.41, 5.74) is 0.602. The van der Waals surface area contributed by atoms with E-state index < -0.39 is 11.9 Å². The minimum absolute atomic E-state index is 0.247. The molecule has 0 amide bonds. The fourth-order valence-electron chi connectivity index (χ4n) is 1.56. The number of unbranched alkanes of at least 4 members (excludes halogenated alkanes) is 1.